The van der Waals surface area contributed by atoms with Gasteiger partial charge in [-0.25, -0.2) is 9.59 Å². The van der Waals surface area contributed by atoms with E-state index in [0.717, 1.165) is 0 Å². The number of hydrogen-bond acceptors (Lipinski definition) is 3. The largest absolute Gasteiger partial charge is 0.478 e. The fraction of sp³-hybridized carbons (Fsp3) is 0.182. The maximum Gasteiger partial charge on any atom is 0.335 e. The number of carboxylic acid groups (broad SMARTS) is 1. The number of nitrogens with one attached hydrogen (secondary N) is 1. The topological polar surface area (TPSA) is 86.7 Å². The summed E-state index contributed by atoms with van der Waals surface area (Å²) in [5.74, 6) is -1.36. The molecule has 1 aromatic rings. The molecule has 1 fully saturated rings. The van der Waals surface area contributed by atoms with Crippen LogP contribution in [0, 0.1) is 0 Å². The highest BCUT2D eigenvalue weighted by atomic mass is 16.4. The van der Waals surface area contributed by atoms with E-state index in [4.69, 9.17) is 5.11 Å². The number of carbonyl (C=O) groups excluding carboxylic acids is 2. The van der Waals surface area contributed by atoms with Gasteiger partial charge < -0.3 is 10.0 Å². The lowest BCUT2D eigenvalue weighted by Crippen LogP contribution is -2.27. The standard InChI is InChI=1S/C11H10N2O4/c14-9-6-13(11(17)12-9)5-7-2-1-3-8(4-7)10(15)16/h1-4H,5-6H2,(H,15,16)(H,12,14,17). The minimum absolute atomic E-state index is 0.0101. The fourth-order valence-corrected chi connectivity index (χ4v) is 1.63. The van der Waals surface area contributed by atoms with Crippen LogP contribution in [0.25, 0.3) is 0 Å². The molecule has 1 heterocycles. The zero-order valence-electron chi connectivity index (χ0n) is 8.84. The molecule has 0 atom stereocenters. The van der Waals surface area contributed by atoms with Gasteiger partial charge >= 0.3 is 12.0 Å². The molecule has 1 aliphatic heterocycles. The summed E-state index contributed by atoms with van der Waals surface area (Å²) in [7, 11) is 0. The Labute approximate surface area is 96.8 Å². The number of hydrogen-bond donors (Lipinski definition) is 2. The molecule has 3 amide bonds. The van der Waals surface area contributed by atoms with Gasteiger partial charge in [-0.3, -0.25) is 10.1 Å². The summed E-state index contributed by atoms with van der Waals surface area (Å²) < 4.78 is 0. The summed E-state index contributed by atoms with van der Waals surface area (Å²) in [5.41, 5.74) is 0.836. The Morgan fingerprint density at radius 2 is 2.18 bits per heavy atom. The van der Waals surface area contributed by atoms with Crippen molar-refractivity contribution < 1.29 is 19.5 Å². The van der Waals surface area contributed by atoms with Crippen LogP contribution in [-0.2, 0) is 11.3 Å². The highest BCUT2D eigenvalue weighted by Gasteiger charge is 2.26. The number of carboxylic acids is 1. The van der Waals surface area contributed by atoms with Crippen molar-refractivity contribution in [1.82, 2.24) is 10.2 Å². The van der Waals surface area contributed by atoms with Crippen LogP contribution < -0.4 is 5.32 Å². The smallest absolute Gasteiger partial charge is 0.335 e. The second kappa shape index (κ2) is 4.25. The zero-order chi connectivity index (χ0) is 12.4. The van der Waals surface area contributed by atoms with Gasteiger partial charge in [-0.15, -0.1) is 0 Å². The van der Waals surface area contributed by atoms with Crippen molar-refractivity contribution in [2.45, 2.75) is 6.54 Å². The maximum absolute atomic E-state index is 11.3. The van der Waals surface area contributed by atoms with Crippen LogP contribution in [0.5, 0.6) is 0 Å². The van der Waals surface area contributed by atoms with Gasteiger partial charge in [0.25, 0.3) is 0 Å². The first kappa shape index (κ1) is 11.1. The van der Waals surface area contributed by atoms with Gasteiger partial charge in [0.2, 0.25) is 5.91 Å². The quantitative estimate of drug-likeness (QED) is 0.743. The molecule has 1 aliphatic rings. The van der Waals surface area contributed by atoms with E-state index in [1.807, 2.05) is 0 Å². The first-order valence-electron chi connectivity index (χ1n) is 4.97. The average molecular weight is 234 g/mol. The van der Waals surface area contributed by atoms with E-state index in [1.165, 1.54) is 17.0 Å². The van der Waals surface area contributed by atoms with Crippen molar-refractivity contribution in [2.75, 3.05) is 6.54 Å². The van der Waals surface area contributed by atoms with E-state index in [-0.39, 0.29) is 24.6 Å². The van der Waals surface area contributed by atoms with E-state index >= 15 is 0 Å². The normalized spacial score (nSPS) is 14.9. The van der Waals surface area contributed by atoms with E-state index in [0.29, 0.717) is 5.56 Å². The van der Waals surface area contributed by atoms with Crippen molar-refractivity contribution in [1.29, 1.82) is 0 Å². The molecule has 2 rings (SSSR count). The molecule has 88 valence electrons. The van der Waals surface area contributed by atoms with Gasteiger partial charge in [0.05, 0.1) is 5.56 Å². The average Bonchev–Trinajstić information content (AvgIpc) is 2.58. The Morgan fingerprint density at radius 1 is 1.41 bits per heavy atom. The summed E-state index contributed by atoms with van der Waals surface area (Å²) in [4.78, 5) is 34.3. The van der Waals surface area contributed by atoms with Gasteiger partial charge in [0, 0.05) is 6.54 Å². The van der Waals surface area contributed by atoms with Gasteiger partial charge in [-0.1, -0.05) is 12.1 Å². The predicted octanol–water partition coefficient (Wildman–Crippen LogP) is 0.437. The maximum atomic E-state index is 11.3. The lowest BCUT2D eigenvalue weighted by Gasteiger charge is -2.13. The molecule has 0 radical (unpaired) electrons. The van der Waals surface area contributed by atoms with E-state index in [9.17, 15) is 14.4 Å². The third-order valence-electron chi connectivity index (χ3n) is 2.42. The third kappa shape index (κ3) is 2.41. The molecule has 17 heavy (non-hydrogen) atoms. The molecule has 0 bridgehead atoms. The van der Waals surface area contributed by atoms with E-state index < -0.39 is 12.0 Å². The molecule has 0 spiro atoms. The number of benzene rings is 1. The lowest BCUT2D eigenvalue weighted by molar-refractivity contribution is -0.118. The van der Waals surface area contributed by atoms with Gasteiger partial charge in [0.1, 0.15) is 6.54 Å². The van der Waals surface area contributed by atoms with Crippen LogP contribution in [0.15, 0.2) is 24.3 Å². The first-order chi connectivity index (χ1) is 8.06. The molecule has 0 aliphatic carbocycles. The third-order valence-corrected chi connectivity index (χ3v) is 2.42. The Morgan fingerprint density at radius 3 is 2.76 bits per heavy atom. The van der Waals surface area contributed by atoms with Crippen LogP contribution in [0.1, 0.15) is 15.9 Å². The Kier molecular flexibility index (Phi) is 2.78. The summed E-state index contributed by atoms with van der Waals surface area (Å²) in [6.45, 7) is 0.231. The Hall–Kier alpha value is -2.37. The number of imide groups is 1. The number of amides is 3. The molecule has 1 saturated heterocycles. The Bertz CT molecular complexity index is 498. The van der Waals surface area contributed by atoms with Crippen molar-refractivity contribution in [3.8, 4) is 0 Å². The second-order valence-electron chi connectivity index (χ2n) is 3.71. The molecule has 0 aromatic heterocycles. The molecule has 6 heteroatoms. The summed E-state index contributed by atoms with van der Waals surface area (Å²) in [6.07, 6.45) is 0. The monoisotopic (exact) mass is 234 g/mol. The van der Waals surface area contributed by atoms with Crippen molar-refractivity contribution >= 4 is 17.9 Å². The van der Waals surface area contributed by atoms with Gasteiger partial charge in [-0.2, -0.15) is 0 Å². The minimum atomic E-state index is -1.02. The van der Waals surface area contributed by atoms with Gasteiger partial charge in [-0.05, 0) is 17.7 Å². The Balaban J connectivity index is 2.13. The van der Waals surface area contributed by atoms with Crippen molar-refractivity contribution in [2.24, 2.45) is 0 Å². The lowest BCUT2D eigenvalue weighted by atomic mass is 10.1. The molecular formula is C11H10N2O4. The summed E-state index contributed by atoms with van der Waals surface area (Å²) in [6, 6.07) is 5.83. The van der Waals surface area contributed by atoms with Gasteiger partial charge in [0.15, 0.2) is 0 Å². The number of carbonyl (C=O) groups is 3. The highest BCUT2D eigenvalue weighted by Crippen LogP contribution is 2.10. The van der Waals surface area contributed by atoms with Crippen molar-refractivity contribution in [3.63, 3.8) is 0 Å². The predicted molar refractivity (Wildman–Crippen MR) is 57.4 cm³/mol. The number of rotatable bonds is 3. The molecule has 0 unspecified atom stereocenters. The van der Waals surface area contributed by atoms with Crippen LogP contribution in [0.4, 0.5) is 4.79 Å². The molecule has 2 N–H and O–H groups in total. The van der Waals surface area contributed by atoms with Crippen molar-refractivity contribution in [3.05, 3.63) is 35.4 Å². The van der Waals surface area contributed by atoms with Crippen LogP contribution >= 0.6 is 0 Å². The van der Waals surface area contributed by atoms with E-state index in [1.54, 1.807) is 12.1 Å². The SMILES string of the molecule is O=C1CN(Cc2cccc(C(=O)O)c2)C(=O)N1. The van der Waals surface area contributed by atoms with Crippen LogP contribution in [0.3, 0.4) is 0 Å². The second-order valence-corrected chi connectivity index (χ2v) is 3.71. The number of aromatic carboxylic acids is 1. The minimum Gasteiger partial charge on any atom is -0.478 e. The molecular weight excluding hydrogens is 224 g/mol. The highest BCUT2D eigenvalue weighted by molar-refractivity contribution is 6.01. The zero-order valence-corrected chi connectivity index (χ0v) is 8.84. The van der Waals surface area contributed by atoms with Crippen LogP contribution in [0.2, 0.25) is 0 Å². The number of nitrogens with zero attached hydrogens (tertiary/aromatic N) is 1. The van der Waals surface area contributed by atoms with E-state index in [2.05, 4.69) is 5.32 Å². The fourth-order valence-electron chi connectivity index (χ4n) is 1.63. The molecule has 1 aromatic carbocycles. The molecule has 6 nitrogen and oxygen atoms in total. The summed E-state index contributed by atoms with van der Waals surface area (Å²) in [5, 5.41) is 11.0. The first-order valence-corrected chi connectivity index (χ1v) is 4.97. The molecule has 0 saturated carbocycles. The summed E-state index contributed by atoms with van der Waals surface area (Å²) >= 11 is 0. The van der Waals surface area contributed by atoms with Crippen LogP contribution in [-0.4, -0.2) is 34.5 Å². The number of urea groups is 1.